The van der Waals surface area contributed by atoms with Crippen LogP contribution >= 0.6 is 0 Å². The van der Waals surface area contributed by atoms with Crippen LogP contribution < -0.4 is 0 Å². The molecule has 0 heterocycles. The molecule has 0 aliphatic rings. The number of hydrogen-bond donors (Lipinski definition) is 0. The lowest BCUT2D eigenvalue weighted by Gasteiger charge is -2.27. The van der Waals surface area contributed by atoms with E-state index in [1.165, 1.54) is 0 Å². The lowest BCUT2D eigenvalue weighted by Crippen LogP contribution is -2.37. The van der Waals surface area contributed by atoms with Crippen molar-refractivity contribution in [1.82, 2.24) is 0 Å². The molecule has 4 unspecified atom stereocenters. The SMILES string of the molecule is CCOC(/C=C/C(OCCC#N)C(COCCC#N)OCCC#N)C(COCCC#N)OCCC#N. The minimum Gasteiger partial charge on any atom is -0.378 e. The molecule has 0 saturated carbocycles. The van der Waals surface area contributed by atoms with E-state index in [0.717, 1.165) is 0 Å². The molecule has 0 amide bonds. The van der Waals surface area contributed by atoms with E-state index in [1.807, 2.05) is 37.3 Å². The van der Waals surface area contributed by atoms with Gasteiger partial charge in [0.15, 0.2) is 0 Å². The van der Waals surface area contributed by atoms with Crippen molar-refractivity contribution in [2.45, 2.75) is 63.4 Å². The Bertz CT molecular complexity index is 789. The fourth-order valence-corrected chi connectivity index (χ4v) is 2.85. The Kier molecular flexibility index (Phi) is 22.9. The van der Waals surface area contributed by atoms with Crippen LogP contribution in [-0.2, 0) is 28.4 Å². The van der Waals surface area contributed by atoms with Crippen LogP contribution in [0.2, 0.25) is 0 Å². The van der Waals surface area contributed by atoms with Crippen LogP contribution in [0.4, 0.5) is 0 Å². The van der Waals surface area contributed by atoms with Crippen molar-refractivity contribution in [3.63, 3.8) is 0 Å². The first-order chi connectivity index (χ1) is 17.7. The molecule has 0 aromatic rings. The quantitative estimate of drug-likeness (QED) is 0.149. The second-order valence-corrected chi connectivity index (χ2v) is 7.15. The molecule has 0 N–H and O–H groups in total. The summed E-state index contributed by atoms with van der Waals surface area (Å²) in [6.45, 7) is 3.46. The molecule has 0 spiro atoms. The maximum atomic E-state index is 8.91. The van der Waals surface area contributed by atoms with Gasteiger partial charge >= 0.3 is 0 Å². The van der Waals surface area contributed by atoms with Gasteiger partial charge in [0, 0.05) is 6.61 Å². The number of hydrogen-bond acceptors (Lipinski definition) is 11. The number of nitriles is 5. The molecule has 0 fully saturated rings. The number of ether oxygens (including phenoxy) is 6. The van der Waals surface area contributed by atoms with Gasteiger partial charge in [-0.15, -0.1) is 0 Å². The topological polar surface area (TPSA) is 174 Å². The third-order valence-corrected chi connectivity index (χ3v) is 4.48. The molecular formula is C25H35N5O6. The van der Waals surface area contributed by atoms with Gasteiger partial charge in [-0.3, -0.25) is 0 Å². The Morgan fingerprint density at radius 3 is 1.28 bits per heavy atom. The Morgan fingerprint density at radius 2 is 0.889 bits per heavy atom. The summed E-state index contributed by atoms with van der Waals surface area (Å²) in [4.78, 5) is 0. The van der Waals surface area contributed by atoms with Crippen LogP contribution in [0.25, 0.3) is 0 Å². The third-order valence-electron chi connectivity index (χ3n) is 4.48. The first-order valence-electron chi connectivity index (χ1n) is 11.8. The van der Waals surface area contributed by atoms with Crippen LogP contribution in [-0.4, -0.2) is 77.3 Å². The van der Waals surface area contributed by atoms with Gasteiger partial charge in [-0.05, 0) is 6.92 Å². The summed E-state index contributed by atoms with van der Waals surface area (Å²) in [6, 6.07) is 10.1. The van der Waals surface area contributed by atoms with Gasteiger partial charge in [0.25, 0.3) is 0 Å². The molecular weight excluding hydrogens is 466 g/mol. The average molecular weight is 502 g/mol. The van der Waals surface area contributed by atoms with Crippen LogP contribution in [0.1, 0.15) is 39.0 Å². The third kappa shape index (κ3) is 17.4. The summed E-state index contributed by atoms with van der Waals surface area (Å²) in [5.41, 5.74) is 0. The molecule has 4 atom stereocenters. The highest BCUT2D eigenvalue weighted by Crippen LogP contribution is 2.14. The van der Waals surface area contributed by atoms with Crippen molar-refractivity contribution in [3.05, 3.63) is 12.2 Å². The second-order valence-electron chi connectivity index (χ2n) is 7.15. The number of rotatable bonds is 23. The zero-order chi connectivity index (χ0) is 26.7. The summed E-state index contributed by atoms with van der Waals surface area (Å²) in [5, 5.41) is 44.1. The van der Waals surface area contributed by atoms with Gasteiger partial charge in [-0.2, -0.15) is 26.3 Å². The molecule has 0 radical (unpaired) electrons. The highest BCUT2D eigenvalue weighted by Gasteiger charge is 2.25. The normalized spacial score (nSPS) is 14.0. The smallest absolute Gasteiger partial charge is 0.111 e. The highest BCUT2D eigenvalue weighted by atomic mass is 16.6. The van der Waals surface area contributed by atoms with E-state index in [1.54, 1.807) is 12.2 Å². The fraction of sp³-hybridized carbons (Fsp3) is 0.720. The molecule has 196 valence electrons. The highest BCUT2D eigenvalue weighted by molar-refractivity contribution is 5.01. The zero-order valence-corrected chi connectivity index (χ0v) is 20.8. The zero-order valence-electron chi connectivity index (χ0n) is 20.8. The van der Waals surface area contributed by atoms with Gasteiger partial charge in [0.2, 0.25) is 0 Å². The molecule has 0 aromatic carbocycles. The van der Waals surface area contributed by atoms with E-state index in [4.69, 9.17) is 54.7 Å². The van der Waals surface area contributed by atoms with Crippen molar-refractivity contribution in [1.29, 1.82) is 26.3 Å². The van der Waals surface area contributed by atoms with E-state index in [0.29, 0.717) is 6.61 Å². The van der Waals surface area contributed by atoms with E-state index >= 15 is 0 Å². The first-order valence-corrected chi connectivity index (χ1v) is 11.8. The predicted octanol–water partition coefficient (Wildman–Crippen LogP) is 2.70. The summed E-state index contributed by atoms with van der Waals surface area (Å²) < 4.78 is 34.5. The van der Waals surface area contributed by atoms with Crippen molar-refractivity contribution in [3.8, 4) is 30.3 Å². The van der Waals surface area contributed by atoms with E-state index in [9.17, 15) is 0 Å². The molecule has 0 aliphatic heterocycles. The van der Waals surface area contributed by atoms with Crippen molar-refractivity contribution in [2.75, 3.05) is 52.9 Å². The Labute approximate surface area is 213 Å². The van der Waals surface area contributed by atoms with Gasteiger partial charge in [0.05, 0.1) is 109 Å². The molecule has 0 aromatic heterocycles. The molecule has 11 nitrogen and oxygen atoms in total. The predicted molar refractivity (Wildman–Crippen MR) is 127 cm³/mol. The fourth-order valence-electron chi connectivity index (χ4n) is 2.85. The maximum absolute atomic E-state index is 8.91. The first kappa shape index (κ1) is 33.0. The summed E-state index contributed by atoms with van der Waals surface area (Å²) in [5.74, 6) is 0. The summed E-state index contributed by atoms with van der Waals surface area (Å²) >= 11 is 0. The van der Waals surface area contributed by atoms with Crippen molar-refractivity contribution < 1.29 is 28.4 Å². The average Bonchev–Trinajstić information content (AvgIpc) is 2.88. The van der Waals surface area contributed by atoms with Gasteiger partial charge in [-0.25, -0.2) is 0 Å². The Balaban J connectivity index is 5.67. The van der Waals surface area contributed by atoms with Crippen LogP contribution in [0.3, 0.4) is 0 Å². The Hall–Kier alpha value is -3.05. The summed E-state index contributed by atoms with van der Waals surface area (Å²) in [6.07, 6.45) is 2.16. The maximum Gasteiger partial charge on any atom is 0.111 e. The van der Waals surface area contributed by atoms with Crippen LogP contribution in [0.15, 0.2) is 12.2 Å². The lowest BCUT2D eigenvalue weighted by molar-refractivity contribution is -0.0898. The second kappa shape index (κ2) is 25.1. The molecule has 0 bridgehead atoms. The lowest BCUT2D eigenvalue weighted by atomic mass is 10.1. The summed E-state index contributed by atoms with van der Waals surface area (Å²) in [7, 11) is 0. The van der Waals surface area contributed by atoms with Crippen LogP contribution in [0.5, 0.6) is 0 Å². The minimum atomic E-state index is -0.638. The standard InChI is InChI=1S/C25H35N5O6/c1-2-33-22(24(35-18-6-13-29)20-31-15-3-10-26)8-9-23(34-17-5-12-28)25(36-19-7-14-30)21-32-16-4-11-27/h8-9,22-25H,2-7,15-21H2,1H3/b9-8+. The van der Waals surface area contributed by atoms with Gasteiger partial charge in [-0.1, -0.05) is 12.2 Å². The minimum absolute atomic E-state index is 0.118. The van der Waals surface area contributed by atoms with E-state index in [2.05, 4.69) is 0 Å². The Morgan fingerprint density at radius 1 is 0.528 bits per heavy atom. The van der Waals surface area contributed by atoms with Crippen LogP contribution in [0, 0.1) is 56.7 Å². The molecule has 36 heavy (non-hydrogen) atoms. The molecule has 11 heteroatoms. The van der Waals surface area contributed by atoms with E-state index < -0.39 is 24.4 Å². The molecule has 0 saturated heterocycles. The van der Waals surface area contributed by atoms with Gasteiger partial charge < -0.3 is 28.4 Å². The van der Waals surface area contributed by atoms with E-state index in [-0.39, 0.29) is 78.4 Å². The largest absolute Gasteiger partial charge is 0.378 e. The molecule has 0 aliphatic carbocycles. The van der Waals surface area contributed by atoms with Gasteiger partial charge in [0.1, 0.15) is 24.4 Å². The van der Waals surface area contributed by atoms with Crippen molar-refractivity contribution >= 4 is 0 Å². The molecule has 0 rings (SSSR count). The number of nitrogens with zero attached hydrogens (tertiary/aromatic N) is 5. The monoisotopic (exact) mass is 501 g/mol. The van der Waals surface area contributed by atoms with Crippen molar-refractivity contribution in [2.24, 2.45) is 0 Å².